The van der Waals surface area contributed by atoms with Crippen molar-refractivity contribution in [2.24, 2.45) is 18.0 Å². The lowest BCUT2D eigenvalue weighted by Crippen LogP contribution is -2.41. The van der Waals surface area contributed by atoms with Gasteiger partial charge >= 0.3 is 0 Å². The number of guanidine groups is 1. The van der Waals surface area contributed by atoms with E-state index in [2.05, 4.69) is 49.7 Å². The van der Waals surface area contributed by atoms with Crippen molar-refractivity contribution in [1.82, 2.24) is 25.0 Å². The lowest BCUT2D eigenvalue weighted by Gasteiger charge is -2.23. The SMILES string of the molecule is CN=C(NCC(C)Cc1cccs1)N(C)Cc1ncnn1C.I. The maximum atomic E-state index is 4.34. The van der Waals surface area contributed by atoms with Gasteiger partial charge in [-0.25, -0.2) is 4.98 Å². The average molecular weight is 448 g/mol. The zero-order chi connectivity index (χ0) is 15.9. The van der Waals surface area contributed by atoms with Crippen LogP contribution in [0.3, 0.4) is 0 Å². The highest BCUT2D eigenvalue weighted by Crippen LogP contribution is 2.13. The summed E-state index contributed by atoms with van der Waals surface area (Å²) in [5, 5.41) is 9.66. The van der Waals surface area contributed by atoms with E-state index in [-0.39, 0.29) is 24.0 Å². The molecule has 2 rings (SSSR count). The van der Waals surface area contributed by atoms with E-state index in [4.69, 9.17) is 0 Å². The summed E-state index contributed by atoms with van der Waals surface area (Å²) < 4.78 is 1.78. The van der Waals surface area contributed by atoms with Crippen LogP contribution in [0.1, 0.15) is 17.6 Å². The number of hydrogen-bond acceptors (Lipinski definition) is 4. The summed E-state index contributed by atoms with van der Waals surface area (Å²) >= 11 is 1.82. The third-order valence-corrected chi connectivity index (χ3v) is 4.39. The molecule has 128 valence electrons. The predicted molar refractivity (Wildman–Crippen MR) is 106 cm³/mol. The number of aromatic nitrogens is 3. The molecule has 0 aliphatic rings. The highest BCUT2D eigenvalue weighted by Gasteiger charge is 2.11. The number of thiophene rings is 1. The minimum atomic E-state index is 0. The molecule has 2 heterocycles. The summed E-state index contributed by atoms with van der Waals surface area (Å²) in [5.41, 5.74) is 0. The van der Waals surface area contributed by atoms with Crippen LogP contribution in [0.25, 0.3) is 0 Å². The van der Waals surface area contributed by atoms with Gasteiger partial charge in [0.25, 0.3) is 0 Å². The second kappa shape index (κ2) is 9.86. The summed E-state index contributed by atoms with van der Waals surface area (Å²) in [5.74, 6) is 2.34. The number of hydrogen-bond donors (Lipinski definition) is 1. The van der Waals surface area contributed by atoms with Crippen LogP contribution in [0.5, 0.6) is 0 Å². The van der Waals surface area contributed by atoms with E-state index >= 15 is 0 Å². The maximum absolute atomic E-state index is 4.34. The van der Waals surface area contributed by atoms with Gasteiger partial charge in [-0.3, -0.25) is 9.67 Å². The minimum absolute atomic E-state index is 0. The van der Waals surface area contributed by atoms with Crippen LogP contribution in [0.2, 0.25) is 0 Å². The second-order valence-corrected chi connectivity index (χ2v) is 6.50. The molecular weight excluding hydrogens is 423 g/mol. The Kier molecular flexibility index (Phi) is 8.53. The van der Waals surface area contributed by atoms with Crippen LogP contribution in [0.4, 0.5) is 0 Å². The first-order valence-corrected chi connectivity index (χ1v) is 8.25. The van der Waals surface area contributed by atoms with Gasteiger partial charge < -0.3 is 10.2 Å². The van der Waals surface area contributed by atoms with E-state index in [0.29, 0.717) is 12.5 Å². The Hall–Kier alpha value is -1.16. The Balaban J connectivity index is 0.00000264. The normalized spacial score (nSPS) is 12.6. The molecule has 0 fully saturated rings. The molecule has 8 heteroatoms. The zero-order valence-electron chi connectivity index (χ0n) is 14.1. The third-order valence-electron chi connectivity index (χ3n) is 3.50. The van der Waals surface area contributed by atoms with Gasteiger partial charge in [-0.05, 0) is 23.8 Å². The number of nitrogens with one attached hydrogen (secondary N) is 1. The Morgan fingerprint density at radius 2 is 2.30 bits per heavy atom. The number of aryl methyl sites for hydroxylation is 1. The standard InChI is InChI=1S/C15H24N6S.HI/c1-12(8-13-6-5-7-22-13)9-17-15(16-2)20(3)10-14-18-11-19-21(14)4;/h5-7,11-12H,8-10H2,1-4H3,(H,16,17);1H. The monoisotopic (exact) mass is 448 g/mol. The smallest absolute Gasteiger partial charge is 0.193 e. The molecule has 0 saturated heterocycles. The van der Waals surface area contributed by atoms with Gasteiger partial charge in [-0.2, -0.15) is 5.10 Å². The minimum Gasteiger partial charge on any atom is -0.356 e. The summed E-state index contributed by atoms with van der Waals surface area (Å²) in [6.45, 7) is 3.83. The highest BCUT2D eigenvalue weighted by molar-refractivity contribution is 14.0. The highest BCUT2D eigenvalue weighted by atomic mass is 127. The fourth-order valence-corrected chi connectivity index (χ4v) is 3.11. The van der Waals surface area contributed by atoms with Crippen molar-refractivity contribution in [3.05, 3.63) is 34.5 Å². The van der Waals surface area contributed by atoms with Gasteiger partial charge in [0.2, 0.25) is 0 Å². The predicted octanol–water partition coefficient (Wildman–Crippen LogP) is 2.38. The van der Waals surface area contributed by atoms with Gasteiger partial charge in [0, 0.05) is 32.6 Å². The topological polar surface area (TPSA) is 58.3 Å². The second-order valence-electron chi connectivity index (χ2n) is 5.47. The number of aliphatic imine (C=N–C) groups is 1. The first-order valence-electron chi connectivity index (χ1n) is 7.37. The number of halogens is 1. The molecule has 1 atom stereocenters. The van der Waals surface area contributed by atoms with Crippen molar-refractivity contribution in [2.75, 3.05) is 20.6 Å². The van der Waals surface area contributed by atoms with E-state index in [1.165, 1.54) is 4.88 Å². The van der Waals surface area contributed by atoms with Crippen molar-refractivity contribution < 1.29 is 0 Å². The first-order chi connectivity index (χ1) is 10.6. The molecule has 0 aliphatic heterocycles. The molecular formula is C15H25IN6S. The van der Waals surface area contributed by atoms with E-state index in [0.717, 1.165) is 24.7 Å². The molecule has 1 unspecified atom stereocenters. The van der Waals surface area contributed by atoms with Crippen molar-refractivity contribution in [2.45, 2.75) is 19.9 Å². The van der Waals surface area contributed by atoms with Crippen LogP contribution in [-0.4, -0.2) is 46.3 Å². The van der Waals surface area contributed by atoms with Crippen LogP contribution in [0, 0.1) is 5.92 Å². The van der Waals surface area contributed by atoms with Crippen molar-refractivity contribution >= 4 is 41.3 Å². The van der Waals surface area contributed by atoms with Gasteiger partial charge in [-0.1, -0.05) is 13.0 Å². The van der Waals surface area contributed by atoms with Crippen LogP contribution >= 0.6 is 35.3 Å². The molecule has 0 saturated carbocycles. The van der Waals surface area contributed by atoms with E-state index < -0.39 is 0 Å². The quantitative estimate of drug-likeness (QED) is 0.419. The molecule has 0 bridgehead atoms. The summed E-state index contributed by atoms with van der Waals surface area (Å²) in [6.07, 6.45) is 2.66. The zero-order valence-corrected chi connectivity index (χ0v) is 17.2. The van der Waals surface area contributed by atoms with Crippen LogP contribution < -0.4 is 5.32 Å². The van der Waals surface area contributed by atoms with Crippen molar-refractivity contribution in [1.29, 1.82) is 0 Å². The molecule has 0 aromatic carbocycles. The molecule has 1 N–H and O–H groups in total. The first kappa shape index (κ1) is 19.9. The summed E-state index contributed by atoms with van der Waals surface area (Å²) in [7, 11) is 5.71. The number of nitrogens with zero attached hydrogens (tertiary/aromatic N) is 5. The molecule has 0 amide bonds. The van der Waals surface area contributed by atoms with E-state index in [1.807, 2.05) is 25.4 Å². The van der Waals surface area contributed by atoms with Crippen molar-refractivity contribution in [3.8, 4) is 0 Å². The average Bonchev–Trinajstić information content (AvgIpc) is 3.12. The Labute approximate surface area is 159 Å². The Morgan fingerprint density at radius 3 is 2.87 bits per heavy atom. The fourth-order valence-electron chi connectivity index (χ4n) is 2.24. The lowest BCUT2D eigenvalue weighted by atomic mass is 10.1. The molecule has 6 nitrogen and oxygen atoms in total. The summed E-state index contributed by atoms with van der Waals surface area (Å²) in [4.78, 5) is 12.1. The van der Waals surface area contributed by atoms with Crippen molar-refractivity contribution in [3.63, 3.8) is 0 Å². The molecule has 2 aromatic heterocycles. The van der Waals surface area contributed by atoms with E-state index in [1.54, 1.807) is 18.1 Å². The largest absolute Gasteiger partial charge is 0.356 e. The molecule has 2 aromatic rings. The summed E-state index contributed by atoms with van der Waals surface area (Å²) in [6, 6.07) is 4.30. The Bertz CT molecular complexity index is 595. The van der Waals surface area contributed by atoms with Crippen LogP contribution in [-0.2, 0) is 20.0 Å². The number of rotatable bonds is 6. The lowest BCUT2D eigenvalue weighted by molar-refractivity contribution is 0.439. The van der Waals surface area contributed by atoms with Crippen LogP contribution in [0.15, 0.2) is 28.8 Å². The molecule has 0 spiro atoms. The van der Waals surface area contributed by atoms with E-state index in [9.17, 15) is 0 Å². The maximum Gasteiger partial charge on any atom is 0.193 e. The van der Waals surface area contributed by atoms with Gasteiger partial charge in [0.05, 0.1) is 6.54 Å². The van der Waals surface area contributed by atoms with Gasteiger partial charge in [0.1, 0.15) is 12.2 Å². The van der Waals surface area contributed by atoms with Gasteiger partial charge in [-0.15, -0.1) is 35.3 Å². The fraction of sp³-hybridized carbons (Fsp3) is 0.533. The van der Waals surface area contributed by atoms with Gasteiger partial charge in [0.15, 0.2) is 5.96 Å². The molecule has 0 radical (unpaired) electrons. The Morgan fingerprint density at radius 1 is 1.52 bits per heavy atom. The third kappa shape index (κ3) is 6.09. The molecule has 0 aliphatic carbocycles. The molecule has 23 heavy (non-hydrogen) atoms.